The van der Waals surface area contributed by atoms with Gasteiger partial charge in [-0.25, -0.2) is 9.78 Å². The summed E-state index contributed by atoms with van der Waals surface area (Å²) >= 11 is 0. The molecule has 0 spiro atoms. The highest BCUT2D eigenvalue weighted by Crippen LogP contribution is 2.33. The summed E-state index contributed by atoms with van der Waals surface area (Å²) in [6.45, 7) is 4.91. The monoisotopic (exact) mass is 292 g/mol. The number of nitrogens with one attached hydrogen (secondary N) is 1. The standard InChI is InChI=1S/C12H15F3N2O3/c1-11(2,3)20-10(18)17-7-5-9(12(13,14)15)16-6-8(7)19-4/h5-6H,1-4H3,(H,16,17,18). The van der Waals surface area contributed by atoms with Gasteiger partial charge in [-0.2, -0.15) is 13.2 Å². The fraction of sp³-hybridized carbons (Fsp3) is 0.500. The average Bonchev–Trinajstić information content (AvgIpc) is 2.24. The SMILES string of the molecule is COc1cnc(C(F)(F)F)cc1NC(=O)OC(C)(C)C. The van der Waals surface area contributed by atoms with Crippen LogP contribution in [-0.4, -0.2) is 23.8 Å². The first-order valence-corrected chi connectivity index (χ1v) is 5.64. The zero-order chi connectivity index (χ0) is 15.6. The highest BCUT2D eigenvalue weighted by molar-refractivity contribution is 5.86. The molecule has 0 aliphatic heterocycles. The van der Waals surface area contributed by atoms with E-state index in [4.69, 9.17) is 9.47 Å². The van der Waals surface area contributed by atoms with E-state index in [1.54, 1.807) is 20.8 Å². The van der Waals surface area contributed by atoms with E-state index in [1.807, 2.05) is 0 Å². The van der Waals surface area contributed by atoms with Gasteiger partial charge < -0.3 is 9.47 Å². The largest absolute Gasteiger partial charge is 0.493 e. The van der Waals surface area contributed by atoms with Gasteiger partial charge in [-0.05, 0) is 26.8 Å². The number of pyridine rings is 1. The van der Waals surface area contributed by atoms with Gasteiger partial charge in [-0.3, -0.25) is 5.32 Å². The van der Waals surface area contributed by atoms with E-state index in [-0.39, 0.29) is 11.4 Å². The predicted molar refractivity (Wildman–Crippen MR) is 65.6 cm³/mol. The summed E-state index contributed by atoms with van der Waals surface area (Å²) in [5, 5.41) is 2.20. The third-order valence-corrected chi connectivity index (χ3v) is 2.01. The van der Waals surface area contributed by atoms with Crippen LogP contribution in [0.5, 0.6) is 5.75 Å². The van der Waals surface area contributed by atoms with E-state index < -0.39 is 23.6 Å². The van der Waals surface area contributed by atoms with Gasteiger partial charge in [0.25, 0.3) is 0 Å². The molecular formula is C12H15F3N2O3. The molecule has 0 aliphatic carbocycles. The number of hydrogen-bond donors (Lipinski definition) is 1. The number of carbonyl (C=O) groups excluding carboxylic acids is 1. The Morgan fingerprint density at radius 1 is 1.30 bits per heavy atom. The Kier molecular flexibility index (Phi) is 4.46. The molecule has 112 valence electrons. The molecule has 5 nitrogen and oxygen atoms in total. The number of ether oxygens (including phenoxy) is 2. The molecular weight excluding hydrogens is 277 g/mol. The molecule has 0 fully saturated rings. The predicted octanol–water partition coefficient (Wildman–Crippen LogP) is 3.46. The van der Waals surface area contributed by atoms with Crippen LogP contribution >= 0.6 is 0 Å². The minimum Gasteiger partial charge on any atom is -0.493 e. The first kappa shape index (κ1) is 16.1. The molecule has 0 saturated heterocycles. The lowest BCUT2D eigenvalue weighted by Crippen LogP contribution is -2.27. The van der Waals surface area contributed by atoms with Gasteiger partial charge in [-0.15, -0.1) is 0 Å². The molecule has 1 rings (SSSR count). The van der Waals surface area contributed by atoms with Crippen molar-refractivity contribution in [2.75, 3.05) is 12.4 Å². The van der Waals surface area contributed by atoms with Gasteiger partial charge >= 0.3 is 12.3 Å². The van der Waals surface area contributed by atoms with Crippen LogP contribution in [0.25, 0.3) is 0 Å². The van der Waals surface area contributed by atoms with Crippen LogP contribution in [0.3, 0.4) is 0 Å². The van der Waals surface area contributed by atoms with E-state index in [1.165, 1.54) is 7.11 Å². The van der Waals surface area contributed by atoms with Crippen molar-refractivity contribution in [3.8, 4) is 5.75 Å². The maximum atomic E-state index is 12.6. The molecule has 0 atom stereocenters. The molecule has 0 saturated carbocycles. The summed E-state index contributed by atoms with van der Waals surface area (Å²) in [5.41, 5.74) is -2.06. The van der Waals surface area contributed by atoms with Gasteiger partial charge in [0.2, 0.25) is 0 Å². The summed E-state index contributed by atoms with van der Waals surface area (Å²) in [6.07, 6.45) is -4.61. The van der Waals surface area contributed by atoms with Crippen LogP contribution in [0.15, 0.2) is 12.3 Å². The molecule has 1 heterocycles. The lowest BCUT2D eigenvalue weighted by molar-refractivity contribution is -0.141. The number of carbonyl (C=O) groups is 1. The Bertz CT molecular complexity index is 496. The van der Waals surface area contributed by atoms with E-state index in [9.17, 15) is 18.0 Å². The van der Waals surface area contributed by atoms with Crippen molar-refractivity contribution in [2.24, 2.45) is 0 Å². The fourth-order valence-electron chi connectivity index (χ4n) is 1.27. The van der Waals surface area contributed by atoms with Crippen molar-refractivity contribution < 1.29 is 27.4 Å². The Balaban J connectivity index is 3.00. The number of alkyl halides is 3. The van der Waals surface area contributed by atoms with Gasteiger partial charge in [0.15, 0.2) is 5.75 Å². The van der Waals surface area contributed by atoms with E-state index in [0.29, 0.717) is 6.07 Å². The van der Waals surface area contributed by atoms with Crippen molar-refractivity contribution in [1.29, 1.82) is 0 Å². The normalized spacial score (nSPS) is 11.9. The highest BCUT2D eigenvalue weighted by Gasteiger charge is 2.33. The molecule has 0 aromatic carbocycles. The van der Waals surface area contributed by atoms with Crippen LogP contribution in [0.1, 0.15) is 26.5 Å². The quantitative estimate of drug-likeness (QED) is 0.906. The number of hydrogen-bond acceptors (Lipinski definition) is 4. The number of nitrogens with zero attached hydrogens (tertiary/aromatic N) is 1. The van der Waals surface area contributed by atoms with Crippen molar-refractivity contribution >= 4 is 11.8 Å². The smallest absolute Gasteiger partial charge is 0.433 e. The first-order chi connectivity index (χ1) is 9.03. The fourth-order valence-corrected chi connectivity index (χ4v) is 1.27. The van der Waals surface area contributed by atoms with Crippen LogP contribution in [0, 0.1) is 0 Å². The molecule has 8 heteroatoms. The Labute approximate surface area is 114 Å². The topological polar surface area (TPSA) is 60.5 Å². The maximum Gasteiger partial charge on any atom is 0.433 e. The Morgan fingerprint density at radius 2 is 1.90 bits per heavy atom. The molecule has 20 heavy (non-hydrogen) atoms. The average molecular weight is 292 g/mol. The van der Waals surface area contributed by atoms with Crippen LogP contribution < -0.4 is 10.1 Å². The summed E-state index contributed by atoms with van der Waals surface area (Å²) in [6, 6.07) is 0.683. The molecule has 0 radical (unpaired) electrons. The zero-order valence-corrected chi connectivity index (χ0v) is 11.5. The van der Waals surface area contributed by atoms with Crippen molar-refractivity contribution in [3.05, 3.63) is 18.0 Å². The van der Waals surface area contributed by atoms with Crippen molar-refractivity contribution in [3.63, 3.8) is 0 Å². The minimum absolute atomic E-state index is 0.00357. The number of rotatable bonds is 2. The van der Waals surface area contributed by atoms with E-state index >= 15 is 0 Å². The molecule has 1 amide bonds. The molecule has 0 aliphatic rings. The molecule has 1 N–H and O–H groups in total. The summed E-state index contributed by atoms with van der Waals surface area (Å²) in [7, 11) is 1.25. The second-order valence-corrected chi connectivity index (χ2v) is 4.89. The van der Waals surface area contributed by atoms with Gasteiger partial charge in [-0.1, -0.05) is 0 Å². The number of anilines is 1. The first-order valence-electron chi connectivity index (χ1n) is 5.64. The lowest BCUT2D eigenvalue weighted by Gasteiger charge is -2.20. The lowest BCUT2D eigenvalue weighted by atomic mass is 10.2. The zero-order valence-electron chi connectivity index (χ0n) is 11.5. The summed E-state index contributed by atoms with van der Waals surface area (Å²) < 4.78 is 47.5. The van der Waals surface area contributed by atoms with Gasteiger partial charge in [0, 0.05) is 0 Å². The summed E-state index contributed by atoms with van der Waals surface area (Å²) in [4.78, 5) is 14.8. The number of amides is 1. The molecule has 0 bridgehead atoms. The van der Waals surface area contributed by atoms with E-state index in [0.717, 1.165) is 6.20 Å². The van der Waals surface area contributed by atoms with E-state index in [2.05, 4.69) is 10.3 Å². The number of aromatic nitrogens is 1. The third-order valence-electron chi connectivity index (χ3n) is 2.01. The Morgan fingerprint density at radius 3 is 2.35 bits per heavy atom. The second kappa shape index (κ2) is 5.56. The minimum atomic E-state index is -4.61. The van der Waals surface area contributed by atoms with Crippen LogP contribution in [0.2, 0.25) is 0 Å². The molecule has 1 aromatic rings. The van der Waals surface area contributed by atoms with Crippen molar-refractivity contribution in [1.82, 2.24) is 4.98 Å². The Hall–Kier alpha value is -1.99. The van der Waals surface area contributed by atoms with Crippen LogP contribution in [-0.2, 0) is 10.9 Å². The second-order valence-electron chi connectivity index (χ2n) is 4.89. The number of halogens is 3. The highest BCUT2D eigenvalue weighted by atomic mass is 19.4. The van der Waals surface area contributed by atoms with Crippen LogP contribution in [0.4, 0.5) is 23.7 Å². The van der Waals surface area contributed by atoms with Gasteiger partial charge in [0.1, 0.15) is 11.3 Å². The molecule has 0 unspecified atom stereocenters. The third kappa shape index (κ3) is 4.60. The number of methoxy groups -OCH3 is 1. The summed E-state index contributed by atoms with van der Waals surface area (Å²) in [5.74, 6) is 0.00357. The van der Waals surface area contributed by atoms with Gasteiger partial charge in [0.05, 0.1) is 19.0 Å². The molecule has 1 aromatic heterocycles. The maximum absolute atomic E-state index is 12.6. The van der Waals surface area contributed by atoms with Crippen molar-refractivity contribution in [2.45, 2.75) is 32.5 Å².